The van der Waals surface area contributed by atoms with Crippen LogP contribution in [0.2, 0.25) is 0 Å². The van der Waals surface area contributed by atoms with Crippen LogP contribution in [0.4, 0.5) is 11.4 Å². The van der Waals surface area contributed by atoms with E-state index in [9.17, 15) is 5.11 Å². The Hall–Kier alpha value is -3.80. The van der Waals surface area contributed by atoms with Gasteiger partial charge in [-0.3, -0.25) is 4.90 Å². The van der Waals surface area contributed by atoms with Gasteiger partial charge in [0.1, 0.15) is 5.60 Å². The molecule has 1 aliphatic rings. The molecule has 2 heteroatoms. The Kier molecular flexibility index (Phi) is 4.85. The van der Waals surface area contributed by atoms with Gasteiger partial charge in [0.15, 0.2) is 0 Å². The zero-order valence-electron chi connectivity index (χ0n) is 18.6. The highest BCUT2D eigenvalue weighted by molar-refractivity contribution is 5.82. The van der Waals surface area contributed by atoms with Crippen LogP contribution < -0.4 is 4.90 Å². The van der Waals surface area contributed by atoms with E-state index in [2.05, 4.69) is 44.9 Å². The van der Waals surface area contributed by atoms with Crippen molar-refractivity contribution in [2.45, 2.75) is 26.4 Å². The molecule has 4 aromatic rings. The average molecular weight is 416 g/mol. The van der Waals surface area contributed by atoms with Crippen LogP contribution in [0, 0.1) is 32.7 Å². The fourth-order valence-corrected chi connectivity index (χ4v) is 4.82. The normalized spacial score (nSPS) is 13.6. The molecule has 0 amide bonds. The SMILES string of the molecule is Cc1cc(C)c(C#CN2c3ccccc3C(O)(c3ccccc3)c3ccccc32)c(C)c1. The Morgan fingerprint density at radius 1 is 0.688 bits per heavy atom. The Bertz CT molecular complexity index is 1300. The topological polar surface area (TPSA) is 23.5 Å². The van der Waals surface area contributed by atoms with Crippen molar-refractivity contribution in [2.24, 2.45) is 0 Å². The molecule has 32 heavy (non-hydrogen) atoms. The molecule has 0 fully saturated rings. The molecule has 156 valence electrons. The Balaban J connectivity index is 1.74. The average Bonchev–Trinajstić information content (AvgIpc) is 2.81. The first kappa shape index (κ1) is 20.1. The lowest BCUT2D eigenvalue weighted by atomic mass is 9.76. The van der Waals surface area contributed by atoms with Crippen LogP contribution in [0.5, 0.6) is 0 Å². The molecule has 0 unspecified atom stereocenters. The monoisotopic (exact) mass is 415 g/mol. The lowest BCUT2D eigenvalue weighted by Gasteiger charge is -2.40. The van der Waals surface area contributed by atoms with Crippen molar-refractivity contribution in [3.8, 4) is 12.0 Å². The molecular weight excluding hydrogens is 390 g/mol. The zero-order chi connectivity index (χ0) is 22.3. The summed E-state index contributed by atoms with van der Waals surface area (Å²) in [5, 5.41) is 12.2. The van der Waals surface area contributed by atoms with Gasteiger partial charge in [-0.1, -0.05) is 84.4 Å². The largest absolute Gasteiger partial charge is 0.376 e. The fraction of sp³-hybridized carbons (Fsp3) is 0.133. The molecule has 0 saturated heterocycles. The molecule has 0 aliphatic carbocycles. The van der Waals surface area contributed by atoms with E-state index in [0.29, 0.717) is 0 Å². The second-order valence-corrected chi connectivity index (χ2v) is 8.46. The molecule has 0 aromatic heterocycles. The third-order valence-electron chi connectivity index (χ3n) is 6.23. The lowest BCUT2D eigenvalue weighted by molar-refractivity contribution is 0.125. The summed E-state index contributed by atoms with van der Waals surface area (Å²) in [5.41, 5.74) is 7.69. The highest BCUT2D eigenvalue weighted by atomic mass is 16.3. The molecule has 0 saturated carbocycles. The predicted octanol–water partition coefficient (Wildman–Crippen LogP) is 6.36. The van der Waals surface area contributed by atoms with Crippen LogP contribution in [0.25, 0.3) is 0 Å². The number of benzene rings is 4. The molecule has 0 radical (unpaired) electrons. The molecule has 0 spiro atoms. The number of rotatable bonds is 1. The van der Waals surface area contributed by atoms with Crippen molar-refractivity contribution < 1.29 is 5.11 Å². The first-order valence-corrected chi connectivity index (χ1v) is 10.9. The minimum absolute atomic E-state index is 0.830. The van der Waals surface area contributed by atoms with Crippen LogP contribution in [0.15, 0.2) is 91.0 Å². The van der Waals surface area contributed by atoms with Gasteiger partial charge in [0.05, 0.1) is 11.4 Å². The van der Waals surface area contributed by atoms with E-state index in [0.717, 1.165) is 33.6 Å². The van der Waals surface area contributed by atoms with Crippen LogP contribution in [0.1, 0.15) is 38.9 Å². The van der Waals surface area contributed by atoms with Gasteiger partial charge in [-0.15, -0.1) is 0 Å². The number of anilines is 2. The van der Waals surface area contributed by atoms with Crippen LogP contribution in [-0.2, 0) is 5.60 Å². The van der Waals surface area contributed by atoms with E-state index >= 15 is 0 Å². The third-order valence-corrected chi connectivity index (χ3v) is 6.23. The number of fused-ring (bicyclic) bond motifs is 2. The van der Waals surface area contributed by atoms with Crippen molar-refractivity contribution in [3.05, 3.63) is 130 Å². The van der Waals surface area contributed by atoms with Gasteiger partial charge in [-0.2, -0.15) is 0 Å². The van der Waals surface area contributed by atoms with Gasteiger partial charge in [0.2, 0.25) is 0 Å². The quantitative estimate of drug-likeness (QED) is 0.366. The number of para-hydroxylation sites is 2. The summed E-state index contributed by atoms with van der Waals surface area (Å²) >= 11 is 0. The van der Waals surface area contributed by atoms with Gasteiger partial charge in [0.25, 0.3) is 0 Å². The Morgan fingerprint density at radius 2 is 1.19 bits per heavy atom. The summed E-state index contributed by atoms with van der Waals surface area (Å²) in [5.74, 6) is 3.42. The smallest absolute Gasteiger partial charge is 0.144 e. The summed E-state index contributed by atoms with van der Waals surface area (Å²) in [6.07, 6.45) is 0. The molecule has 0 atom stereocenters. The number of aliphatic hydroxyl groups is 1. The predicted molar refractivity (Wildman–Crippen MR) is 131 cm³/mol. The standard InChI is InChI=1S/C30H25NO/c1-21-19-22(2)25(23(3)20-21)17-18-31-28-15-9-7-13-26(28)30(32,24-11-5-4-6-12-24)27-14-8-10-16-29(27)31/h4-16,19-20,32H,1-3H3. The van der Waals surface area contributed by atoms with E-state index in [-0.39, 0.29) is 0 Å². The van der Waals surface area contributed by atoms with E-state index in [1.165, 1.54) is 16.7 Å². The molecule has 0 bridgehead atoms. The highest BCUT2D eigenvalue weighted by Gasteiger charge is 2.42. The summed E-state index contributed by atoms with van der Waals surface area (Å²) < 4.78 is 0. The molecule has 4 aromatic carbocycles. The third kappa shape index (κ3) is 3.11. The summed E-state index contributed by atoms with van der Waals surface area (Å²) in [4.78, 5) is 2.01. The van der Waals surface area contributed by atoms with E-state index in [1.807, 2.05) is 83.8 Å². The first-order valence-electron chi connectivity index (χ1n) is 10.9. The van der Waals surface area contributed by atoms with Crippen LogP contribution >= 0.6 is 0 Å². The minimum Gasteiger partial charge on any atom is -0.376 e. The maximum absolute atomic E-state index is 12.2. The number of aryl methyl sites for hydroxylation is 3. The lowest BCUT2D eigenvalue weighted by Crippen LogP contribution is -2.36. The maximum atomic E-state index is 12.2. The molecular formula is C30H25NO. The molecule has 1 heterocycles. The van der Waals surface area contributed by atoms with Crippen molar-refractivity contribution in [2.75, 3.05) is 4.90 Å². The molecule has 2 nitrogen and oxygen atoms in total. The second kappa shape index (κ2) is 7.71. The van der Waals surface area contributed by atoms with Crippen molar-refractivity contribution in [1.29, 1.82) is 0 Å². The van der Waals surface area contributed by atoms with Crippen molar-refractivity contribution in [1.82, 2.24) is 0 Å². The van der Waals surface area contributed by atoms with E-state index < -0.39 is 5.60 Å². The highest BCUT2D eigenvalue weighted by Crippen LogP contribution is 2.50. The summed E-state index contributed by atoms with van der Waals surface area (Å²) in [6, 6.07) is 33.6. The zero-order valence-corrected chi connectivity index (χ0v) is 18.6. The summed E-state index contributed by atoms with van der Waals surface area (Å²) in [6.45, 7) is 6.32. The second-order valence-electron chi connectivity index (χ2n) is 8.46. The fourth-order valence-electron chi connectivity index (χ4n) is 4.82. The Labute approximate surface area is 189 Å². The van der Waals surface area contributed by atoms with Crippen molar-refractivity contribution >= 4 is 11.4 Å². The minimum atomic E-state index is -1.25. The molecule has 1 N–H and O–H groups in total. The van der Waals surface area contributed by atoms with E-state index in [1.54, 1.807) is 0 Å². The number of hydrogen-bond acceptors (Lipinski definition) is 2. The van der Waals surface area contributed by atoms with Crippen LogP contribution in [0.3, 0.4) is 0 Å². The van der Waals surface area contributed by atoms with Gasteiger partial charge >= 0.3 is 0 Å². The molecule has 1 aliphatic heterocycles. The maximum Gasteiger partial charge on any atom is 0.144 e. The van der Waals surface area contributed by atoms with Crippen molar-refractivity contribution in [3.63, 3.8) is 0 Å². The van der Waals surface area contributed by atoms with E-state index in [4.69, 9.17) is 0 Å². The van der Waals surface area contributed by atoms with Gasteiger partial charge in [0, 0.05) is 22.7 Å². The van der Waals surface area contributed by atoms with Gasteiger partial charge in [-0.05, 0) is 55.5 Å². The van der Waals surface area contributed by atoms with Crippen LogP contribution in [-0.4, -0.2) is 5.11 Å². The Morgan fingerprint density at radius 3 is 1.75 bits per heavy atom. The number of hydrogen-bond donors (Lipinski definition) is 1. The van der Waals surface area contributed by atoms with Gasteiger partial charge < -0.3 is 5.11 Å². The summed E-state index contributed by atoms with van der Waals surface area (Å²) in [7, 11) is 0. The number of nitrogens with zero attached hydrogens (tertiary/aromatic N) is 1. The molecule has 5 rings (SSSR count). The first-order chi connectivity index (χ1) is 15.5. The van der Waals surface area contributed by atoms with Gasteiger partial charge in [-0.25, -0.2) is 0 Å².